The zero-order valence-electron chi connectivity index (χ0n) is 8.69. The Bertz CT molecular complexity index is 401. The van der Waals surface area contributed by atoms with Crippen LogP contribution in [0.2, 0.25) is 0 Å². The van der Waals surface area contributed by atoms with Crippen LogP contribution in [0.4, 0.5) is 0 Å². The van der Waals surface area contributed by atoms with Gasteiger partial charge in [0.05, 0.1) is 12.1 Å². The molecule has 1 aromatic rings. The number of fused-ring (bicyclic) bond motifs is 3. The zero-order valence-corrected chi connectivity index (χ0v) is 9.51. The summed E-state index contributed by atoms with van der Waals surface area (Å²) >= 11 is 1.82. The Kier molecular flexibility index (Phi) is 2.07. The van der Waals surface area contributed by atoms with Gasteiger partial charge in [0.1, 0.15) is 0 Å². The van der Waals surface area contributed by atoms with Crippen LogP contribution in [-0.4, -0.2) is 29.9 Å². The van der Waals surface area contributed by atoms with Gasteiger partial charge in [-0.1, -0.05) is 0 Å². The van der Waals surface area contributed by atoms with Crippen molar-refractivity contribution in [2.45, 2.75) is 25.4 Å². The van der Waals surface area contributed by atoms with Crippen LogP contribution in [0.5, 0.6) is 0 Å². The van der Waals surface area contributed by atoms with E-state index < -0.39 is 0 Å². The third-order valence-electron chi connectivity index (χ3n) is 3.47. The molecule has 1 amide bonds. The second-order valence-electron chi connectivity index (χ2n) is 4.23. The molecule has 4 heteroatoms. The average Bonchev–Trinajstić information content (AvgIpc) is 2.71. The first-order chi connectivity index (χ1) is 7.27. The third kappa shape index (κ3) is 1.32. The summed E-state index contributed by atoms with van der Waals surface area (Å²) in [6, 6.07) is 2.67. The Labute approximate surface area is 93.1 Å². The smallest absolute Gasteiger partial charge is 0.237 e. The summed E-state index contributed by atoms with van der Waals surface area (Å²) in [6.07, 6.45) is 1.09. The molecule has 1 saturated heterocycles. The fraction of sp³-hybridized carbons (Fsp3) is 0.545. The van der Waals surface area contributed by atoms with Crippen molar-refractivity contribution in [2.24, 2.45) is 0 Å². The van der Waals surface area contributed by atoms with Crippen molar-refractivity contribution >= 4 is 17.2 Å². The molecule has 1 aromatic heterocycles. The lowest BCUT2D eigenvalue weighted by Crippen LogP contribution is -2.56. The monoisotopic (exact) mass is 222 g/mol. The van der Waals surface area contributed by atoms with E-state index in [0.29, 0.717) is 6.04 Å². The number of piperazine rings is 1. The Morgan fingerprint density at radius 3 is 3.33 bits per heavy atom. The number of nitrogens with zero attached hydrogens (tertiary/aromatic N) is 1. The van der Waals surface area contributed by atoms with Crippen LogP contribution < -0.4 is 5.32 Å². The van der Waals surface area contributed by atoms with Gasteiger partial charge < -0.3 is 5.32 Å². The maximum absolute atomic E-state index is 11.5. The van der Waals surface area contributed by atoms with Crippen LogP contribution in [0.1, 0.15) is 23.4 Å². The number of amides is 1. The second-order valence-corrected chi connectivity index (χ2v) is 5.18. The molecule has 0 bridgehead atoms. The normalized spacial score (nSPS) is 30.6. The molecule has 80 valence electrons. The molecule has 0 aliphatic carbocycles. The van der Waals surface area contributed by atoms with Crippen LogP contribution in [0.3, 0.4) is 0 Å². The van der Waals surface area contributed by atoms with E-state index in [9.17, 15) is 4.79 Å². The first-order valence-electron chi connectivity index (χ1n) is 5.37. The Morgan fingerprint density at radius 2 is 2.47 bits per heavy atom. The van der Waals surface area contributed by atoms with Gasteiger partial charge in [-0.25, -0.2) is 0 Å². The number of rotatable bonds is 0. The van der Waals surface area contributed by atoms with E-state index in [-0.39, 0.29) is 11.9 Å². The fourth-order valence-corrected chi connectivity index (χ4v) is 3.65. The van der Waals surface area contributed by atoms with E-state index >= 15 is 0 Å². The molecule has 2 aliphatic heterocycles. The largest absolute Gasteiger partial charge is 0.353 e. The van der Waals surface area contributed by atoms with Crippen molar-refractivity contribution in [3.63, 3.8) is 0 Å². The summed E-state index contributed by atoms with van der Waals surface area (Å²) < 4.78 is 0. The Balaban J connectivity index is 1.97. The van der Waals surface area contributed by atoms with Crippen LogP contribution in [0, 0.1) is 0 Å². The summed E-state index contributed by atoms with van der Waals surface area (Å²) in [5.74, 6) is 0.172. The van der Waals surface area contributed by atoms with Gasteiger partial charge in [0.25, 0.3) is 0 Å². The van der Waals surface area contributed by atoms with Crippen molar-refractivity contribution < 1.29 is 4.79 Å². The summed E-state index contributed by atoms with van der Waals surface area (Å²) in [4.78, 5) is 15.3. The first-order valence-corrected chi connectivity index (χ1v) is 6.25. The van der Waals surface area contributed by atoms with Gasteiger partial charge in [-0.15, -0.1) is 11.3 Å². The van der Waals surface area contributed by atoms with Crippen LogP contribution >= 0.6 is 11.3 Å². The lowest BCUT2D eigenvalue weighted by atomic mass is 9.97. The van der Waals surface area contributed by atoms with Crippen molar-refractivity contribution in [1.29, 1.82) is 0 Å². The van der Waals surface area contributed by atoms with Crippen LogP contribution in [-0.2, 0) is 11.2 Å². The van der Waals surface area contributed by atoms with Gasteiger partial charge in [-0.05, 0) is 30.4 Å². The Hall–Kier alpha value is -0.870. The van der Waals surface area contributed by atoms with Crippen molar-refractivity contribution in [3.05, 3.63) is 21.9 Å². The second kappa shape index (κ2) is 3.32. The van der Waals surface area contributed by atoms with Gasteiger partial charge in [0, 0.05) is 18.0 Å². The molecule has 0 radical (unpaired) electrons. The molecule has 0 saturated carbocycles. The van der Waals surface area contributed by atoms with Crippen molar-refractivity contribution in [3.8, 4) is 0 Å². The van der Waals surface area contributed by atoms with Crippen molar-refractivity contribution in [2.75, 3.05) is 13.1 Å². The van der Waals surface area contributed by atoms with Gasteiger partial charge in [-0.3, -0.25) is 9.69 Å². The number of nitrogens with one attached hydrogen (secondary N) is 1. The maximum Gasteiger partial charge on any atom is 0.237 e. The molecule has 2 aliphatic rings. The van der Waals surface area contributed by atoms with Gasteiger partial charge >= 0.3 is 0 Å². The average molecular weight is 222 g/mol. The molecular weight excluding hydrogens is 208 g/mol. The highest BCUT2D eigenvalue weighted by Gasteiger charge is 2.37. The molecule has 3 nitrogen and oxygen atoms in total. The molecule has 2 atom stereocenters. The lowest BCUT2D eigenvalue weighted by Gasteiger charge is -2.42. The van der Waals surface area contributed by atoms with E-state index in [1.54, 1.807) is 0 Å². The molecule has 0 aromatic carbocycles. The maximum atomic E-state index is 11.5. The predicted molar refractivity (Wildman–Crippen MR) is 59.9 cm³/mol. The molecule has 1 N–H and O–H groups in total. The quantitative estimate of drug-likeness (QED) is 0.714. The predicted octanol–water partition coefficient (Wildman–Crippen LogP) is 1.17. The lowest BCUT2D eigenvalue weighted by molar-refractivity contribution is -0.130. The molecule has 2 unspecified atom stereocenters. The number of hydrogen-bond donors (Lipinski definition) is 1. The molecule has 3 rings (SSSR count). The number of carbonyl (C=O) groups excluding carboxylic acids is 1. The van der Waals surface area contributed by atoms with E-state index in [1.165, 1.54) is 10.4 Å². The highest BCUT2D eigenvalue weighted by molar-refractivity contribution is 7.10. The fourth-order valence-electron chi connectivity index (χ4n) is 2.57. The Morgan fingerprint density at radius 1 is 1.60 bits per heavy atom. The highest BCUT2D eigenvalue weighted by Crippen LogP contribution is 2.36. The molecular formula is C11H14N2OS. The summed E-state index contributed by atoms with van der Waals surface area (Å²) in [6.45, 7) is 3.79. The van der Waals surface area contributed by atoms with Gasteiger partial charge in [0.2, 0.25) is 5.91 Å². The minimum atomic E-state index is 0.0269. The number of thiophene rings is 1. The van der Waals surface area contributed by atoms with Gasteiger partial charge in [-0.2, -0.15) is 0 Å². The molecule has 0 spiro atoms. The molecule has 3 heterocycles. The minimum Gasteiger partial charge on any atom is -0.353 e. The summed E-state index contributed by atoms with van der Waals surface area (Å²) in [7, 11) is 0. The van der Waals surface area contributed by atoms with E-state index in [2.05, 4.69) is 21.7 Å². The van der Waals surface area contributed by atoms with Crippen LogP contribution in [0.25, 0.3) is 0 Å². The topological polar surface area (TPSA) is 32.3 Å². The highest BCUT2D eigenvalue weighted by atomic mass is 32.1. The van der Waals surface area contributed by atoms with Crippen molar-refractivity contribution in [1.82, 2.24) is 10.2 Å². The first kappa shape index (κ1) is 9.36. The molecule has 15 heavy (non-hydrogen) atoms. The zero-order chi connectivity index (χ0) is 10.4. The van der Waals surface area contributed by atoms with E-state index in [0.717, 1.165) is 19.5 Å². The SMILES string of the molecule is CC1C(=O)NCC2c3sccc3CCN12. The molecule has 1 fully saturated rings. The number of hydrogen-bond acceptors (Lipinski definition) is 3. The summed E-state index contributed by atoms with van der Waals surface area (Å²) in [5.41, 5.74) is 1.48. The minimum absolute atomic E-state index is 0.0269. The number of carbonyl (C=O) groups is 1. The van der Waals surface area contributed by atoms with E-state index in [4.69, 9.17) is 0 Å². The van der Waals surface area contributed by atoms with E-state index in [1.807, 2.05) is 18.3 Å². The third-order valence-corrected chi connectivity index (χ3v) is 4.53. The van der Waals surface area contributed by atoms with Gasteiger partial charge in [0.15, 0.2) is 0 Å². The summed E-state index contributed by atoms with van der Waals surface area (Å²) in [5, 5.41) is 5.15. The standard InChI is InChI=1S/C11H14N2OS/c1-7-11(14)12-6-9-10-8(3-5-15-10)2-4-13(7)9/h3,5,7,9H,2,4,6H2,1H3,(H,12,14). The van der Waals surface area contributed by atoms with Crippen LogP contribution in [0.15, 0.2) is 11.4 Å².